The van der Waals surface area contributed by atoms with E-state index in [-0.39, 0.29) is 0 Å². The first kappa shape index (κ1) is 20.4. The Morgan fingerprint density at radius 3 is 2.21 bits per heavy atom. The maximum absolute atomic E-state index is 11.2. The minimum absolute atomic E-state index is 0.558. The summed E-state index contributed by atoms with van der Waals surface area (Å²) < 4.78 is 2.02. The van der Waals surface area contributed by atoms with Gasteiger partial charge in [-0.1, -0.05) is 18.2 Å². The van der Waals surface area contributed by atoms with Gasteiger partial charge in [-0.25, -0.2) is 9.59 Å². The minimum atomic E-state index is -1.26. The topological polar surface area (TPSA) is 113 Å². The Morgan fingerprint density at radius 1 is 1.07 bits per heavy atom. The highest BCUT2D eigenvalue weighted by atomic mass is 16.4. The number of carboxylic acid groups (broad SMARTS) is 2. The molecule has 0 aliphatic heterocycles. The van der Waals surface area contributed by atoms with E-state index in [9.17, 15) is 14.4 Å². The smallest absolute Gasteiger partial charge is 0.328 e. The second-order valence-electron chi connectivity index (χ2n) is 5.49. The van der Waals surface area contributed by atoms with Crippen molar-refractivity contribution in [2.75, 3.05) is 11.6 Å². The van der Waals surface area contributed by atoms with Gasteiger partial charge in [-0.15, -0.1) is 0 Å². The molecule has 0 bridgehead atoms. The van der Waals surface area contributed by atoms with Crippen LogP contribution in [0.3, 0.4) is 0 Å². The van der Waals surface area contributed by atoms with Crippen LogP contribution in [0.15, 0.2) is 67.1 Å². The Morgan fingerprint density at radius 2 is 1.68 bits per heavy atom. The van der Waals surface area contributed by atoms with Crippen LogP contribution in [0.5, 0.6) is 0 Å². The highest BCUT2D eigenvalue weighted by molar-refractivity contribution is 5.98. The van der Waals surface area contributed by atoms with Gasteiger partial charge in [0.15, 0.2) is 6.29 Å². The number of rotatable bonds is 6. The van der Waals surface area contributed by atoms with E-state index in [0.717, 1.165) is 29.4 Å². The van der Waals surface area contributed by atoms with E-state index in [1.807, 2.05) is 47.3 Å². The molecular weight excluding hydrogens is 362 g/mol. The molecule has 0 fully saturated rings. The third kappa shape index (κ3) is 5.04. The lowest BCUT2D eigenvalue weighted by atomic mass is 10.2. The van der Waals surface area contributed by atoms with Gasteiger partial charge in [0.2, 0.25) is 0 Å². The van der Waals surface area contributed by atoms with Crippen molar-refractivity contribution in [1.29, 1.82) is 0 Å². The summed E-state index contributed by atoms with van der Waals surface area (Å²) in [6.07, 6.45) is 7.43. The van der Waals surface area contributed by atoms with Crippen molar-refractivity contribution in [3.05, 3.63) is 72.7 Å². The SMILES string of the molecule is CCN(c1ccncc1)n1cc(C=O)c2ccccc21.O=C(O)C=CC(=O)O. The standard InChI is InChI=1S/C16H15N3O.C4H4O4/c1-2-18(14-7-9-17-10-8-14)19-11-13(12-20)15-5-3-4-6-16(15)19;5-3(6)1-2-4(7)8/h3-12H,2H2,1H3;1-2H,(H,5,6)(H,7,8). The molecular formula is C20H19N3O5. The number of benzene rings is 1. The number of aldehydes is 1. The molecule has 2 heterocycles. The summed E-state index contributed by atoms with van der Waals surface area (Å²) in [4.78, 5) is 34.4. The molecule has 0 aliphatic carbocycles. The van der Waals surface area contributed by atoms with Crippen LogP contribution >= 0.6 is 0 Å². The fourth-order valence-corrected chi connectivity index (χ4v) is 2.60. The van der Waals surface area contributed by atoms with Crippen LogP contribution in [0, 0.1) is 0 Å². The van der Waals surface area contributed by atoms with Crippen LogP contribution in [-0.4, -0.2) is 44.6 Å². The van der Waals surface area contributed by atoms with Crippen LogP contribution in [0.4, 0.5) is 5.69 Å². The third-order valence-electron chi connectivity index (χ3n) is 3.74. The van der Waals surface area contributed by atoms with Crippen molar-refractivity contribution in [1.82, 2.24) is 9.66 Å². The first-order valence-corrected chi connectivity index (χ1v) is 8.35. The zero-order valence-electron chi connectivity index (χ0n) is 15.1. The number of para-hydroxylation sites is 1. The Balaban J connectivity index is 0.000000300. The molecule has 144 valence electrons. The maximum atomic E-state index is 11.2. The Hall–Kier alpha value is -3.94. The first-order valence-electron chi connectivity index (χ1n) is 8.35. The summed E-state index contributed by atoms with van der Waals surface area (Å²) in [5, 5.41) is 18.7. The van der Waals surface area contributed by atoms with Gasteiger partial charge < -0.3 is 10.2 Å². The van der Waals surface area contributed by atoms with Crippen molar-refractivity contribution >= 4 is 34.8 Å². The van der Waals surface area contributed by atoms with E-state index >= 15 is 0 Å². The predicted molar refractivity (Wildman–Crippen MR) is 104 cm³/mol. The van der Waals surface area contributed by atoms with Crippen molar-refractivity contribution in [3.63, 3.8) is 0 Å². The normalized spacial score (nSPS) is 10.3. The lowest BCUT2D eigenvalue weighted by Crippen LogP contribution is -2.28. The molecule has 1 aromatic carbocycles. The number of carboxylic acids is 2. The summed E-state index contributed by atoms with van der Waals surface area (Å²) in [5.41, 5.74) is 2.77. The van der Waals surface area contributed by atoms with E-state index in [1.54, 1.807) is 12.4 Å². The number of anilines is 1. The summed E-state index contributed by atoms with van der Waals surface area (Å²) in [6.45, 7) is 2.87. The van der Waals surface area contributed by atoms with Gasteiger partial charge in [-0.2, -0.15) is 0 Å². The summed E-state index contributed by atoms with van der Waals surface area (Å²) in [7, 11) is 0. The number of pyridine rings is 1. The first-order chi connectivity index (χ1) is 13.5. The molecule has 3 rings (SSSR count). The van der Waals surface area contributed by atoms with Crippen molar-refractivity contribution < 1.29 is 24.6 Å². The zero-order valence-corrected chi connectivity index (χ0v) is 15.1. The fraction of sp³-hybridized carbons (Fsp3) is 0.100. The number of carbonyl (C=O) groups excluding carboxylic acids is 1. The number of hydrogen-bond acceptors (Lipinski definition) is 5. The van der Waals surface area contributed by atoms with Gasteiger partial charge in [-0.3, -0.25) is 19.5 Å². The van der Waals surface area contributed by atoms with Gasteiger partial charge in [0.1, 0.15) is 0 Å². The third-order valence-corrected chi connectivity index (χ3v) is 3.74. The average Bonchev–Trinajstić information content (AvgIpc) is 3.07. The van der Waals surface area contributed by atoms with E-state index in [2.05, 4.69) is 16.9 Å². The molecule has 0 saturated carbocycles. The molecule has 28 heavy (non-hydrogen) atoms. The van der Waals surface area contributed by atoms with E-state index < -0.39 is 11.9 Å². The molecule has 0 atom stereocenters. The fourth-order valence-electron chi connectivity index (χ4n) is 2.60. The van der Waals surface area contributed by atoms with Gasteiger partial charge in [0.25, 0.3) is 0 Å². The lowest BCUT2D eigenvalue weighted by Gasteiger charge is -2.25. The molecule has 0 aliphatic rings. The number of carbonyl (C=O) groups is 3. The van der Waals surface area contributed by atoms with Gasteiger partial charge >= 0.3 is 11.9 Å². The van der Waals surface area contributed by atoms with Crippen LogP contribution in [-0.2, 0) is 9.59 Å². The molecule has 0 saturated heterocycles. The van der Waals surface area contributed by atoms with Gasteiger partial charge in [-0.05, 0) is 25.1 Å². The maximum Gasteiger partial charge on any atom is 0.328 e. The quantitative estimate of drug-likeness (QED) is 0.499. The van der Waals surface area contributed by atoms with Gasteiger partial charge in [0.05, 0.1) is 11.2 Å². The number of nitrogens with zero attached hydrogens (tertiary/aromatic N) is 3. The predicted octanol–water partition coefficient (Wildman–Crippen LogP) is 2.85. The number of hydrogen-bond donors (Lipinski definition) is 2. The molecule has 0 radical (unpaired) electrons. The average molecular weight is 381 g/mol. The van der Waals surface area contributed by atoms with E-state index in [0.29, 0.717) is 17.7 Å². The number of fused-ring (bicyclic) bond motifs is 1. The molecule has 0 amide bonds. The summed E-state index contributed by atoms with van der Waals surface area (Å²) in [6, 6.07) is 11.8. The molecule has 8 heteroatoms. The molecule has 8 nitrogen and oxygen atoms in total. The van der Waals surface area contributed by atoms with Crippen molar-refractivity contribution in [2.24, 2.45) is 0 Å². The second-order valence-corrected chi connectivity index (χ2v) is 5.49. The summed E-state index contributed by atoms with van der Waals surface area (Å²) >= 11 is 0. The number of aliphatic carboxylic acids is 2. The van der Waals surface area contributed by atoms with Crippen molar-refractivity contribution in [2.45, 2.75) is 6.92 Å². The number of aromatic nitrogens is 2. The Labute approximate surface area is 160 Å². The molecule has 0 unspecified atom stereocenters. The minimum Gasteiger partial charge on any atom is -0.478 e. The monoisotopic (exact) mass is 381 g/mol. The van der Waals surface area contributed by atoms with Crippen LogP contribution in [0.2, 0.25) is 0 Å². The second kappa shape index (κ2) is 9.67. The molecule has 2 aromatic heterocycles. The van der Waals surface area contributed by atoms with Crippen LogP contribution in [0.1, 0.15) is 17.3 Å². The van der Waals surface area contributed by atoms with E-state index in [1.165, 1.54) is 0 Å². The Kier molecular flexibility index (Phi) is 7.04. The summed E-state index contributed by atoms with van der Waals surface area (Å²) in [5.74, 6) is -2.51. The largest absolute Gasteiger partial charge is 0.478 e. The highest BCUT2D eigenvalue weighted by Crippen LogP contribution is 2.23. The molecule has 2 N–H and O–H groups in total. The van der Waals surface area contributed by atoms with Crippen molar-refractivity contribution in [3.8, 4) is 0 Å². The van der Waals surface area contributed by atoms with E-state index in [4.69, 9.17) is 10.2 Å². The zero-order chi connectivity index (χ0) is 20.5. The van der Waals surface area contributed by atoms with Crippen LogP contribution < -0.4 is 5.01 Å². The lowest BCUT2D eigenvalue weighted by molar-refractivity contribution is -0.134. The van der Waals surface area contributed by atoms with Gasteiger partial charge in [0, 0.05) is 48.2 Å². The Bertz CT molecular complexity index is 980. The molecule has 0 spiro atoms. The molecule has 3 aromatic rings. The van der Waals surface area contributed by atoms with Crippen LogP contribution in [0.25, 0.3) is 10.9 Å². The highest BCUT2D eigenvalue weighted by Gasteiger charge is 2.13.